The average molecular weight is 328 g/mol. The van der Waals surface area contributed by atoms with Crippen LogP contribution < -0.4 is 5.63 Å². The molecule has 1 heterocycles. The molecular formula is C14H14ClNO2S2. The molecule has 0 radical (unpaired) electrons. The maximum atomic E-state index is 12.0. The first-order valence-corrected chi connectivity index (χ1v) is 7.86. The number of nitrogens with zero attached hydrogens (tertiary/aromatic N) is 1. The zero-order chi connectivity index (χ0) is 14.7. The number of fused-ring (bicyclic) bond motifs is 1. The topological polar surface area (TPSA) is 33.5 Å². The Bertz CT molecular complexity index is 695. The van der Waals surface area contributed by atoms with Crippen LogP contribution in [0.3, 0.4) is 0 Å². The fourth-order valence-corrected chi connectivity index (χ4v) is 3.56. The largest absolute Gasteiger partial charge is 0.422 e. The molecule has 106 valence electrons. The van der Waals surface area contributed by atoms with Crippen LogP contribution in [-0.2, 0) is 0 Å². The van der Waals surface area contributed by atoms with E-state index in [9.17, 15) is 4.79 Å². The smallest absolute Gasteiger partial charge is 0.352 e. The van der Waals surface area contributed by atoms with Gasteiger partial charge in [0.25, 0.3) is 0 Å². The van der Waals surface area contributed by atoms with Gasteiger partial charge in [-0.15, -0.1) is 0 Å². The van der Waals surface area contributed by atoms with Gasteiger partial charge in [-0.25, -0.2) is 4.79 Å². The highest BCUT2D eigenvalue weighted by Crippen LogP contribution is 2.32. The summed E-state index contributed by atoms with van der Waals surface area (Å²) in [5.41, 5.74) is 0.0359. The Balaban J connectivity index is 2.45. The summed E-state index contributed by atoms with van der Waals surface area (Å²) in [5.74, 6) is 0. The number of hydrogen-bond acceptors (Lipinski definition) is 4. The summed E-state index contributed by atoms with van der Waals surface area (Å²) in [6.07, 6.45) is 0. The lowest BCUT2D eigenvalue weighted by molar-refractivity contribution is 0.482. The standard InChI is InChI=1S/C14H14ClNO2S2/c1-3-16(4-2)14(19)20-12-11(15)9-7-5-6-8-10(9)18-13(12)17/h5-8H,3-4H2,1-2H3. The van der Waals surface area contributed by atoms with Crippen molar-refractivity contribution >= 4 is 50.9 Å². The molecule has 0 aliphatic rings. The predicted molar refractivity (Wildman–Crippen MR) is 88.9 cm³/mol. The average Bonchev–Trinajstić information content (AvgIpc) is 2.45. The third-order valence-electron chi connectivity index (χ3n) is 2.92. The summed E-state index contributed by atoms with van der Waals surface area (Å²) in [4.78, 5) is 14.4. The Kier molecular flexibility index (Phi) is 5.07. The molecule has 2 rings (SSSR count). The van der Waals surface area contributed by atoms with Gasteiger partial charge >= 0.3 is 5.63 Å². The number of thiocarbonyl (C=S) groups is 1. The van der Waals surface area contributed by atoms with E-state index in [4.69, 9.17) is 28.2 Å². The molecular weight excluding hydrogens is 314 g/mol. The lowest BCUT2D eigenvalue weighted by Crippen LogP contribution is -2.27. The SMILES string of the molecule is CCN(CC)C(=S)Sc1c(Cl)c2ccccc2oc1=O. The lowest BCUT2D eigenvalue weighted by atomic mass is 10.2. The second-order valence-electron chi connectivity index (χ2n) is 4.07. The van der Waals surface area contributed by atoms with Crippen LogP contribution in [0.1, 0.15) is 13.8 Å². The normalized spacial score (nSPS) is 10.8. The van der Waals surface area contributed by atoms with Crippen LogP contribution in [0.2, 0.25) is 5.02 Å². The van der Waals surface area contributed by atoms with Crippen molar-refractivity contribution in [2.75, 3.05) is 13.1 Å². The van der Waals surface area contributed by atoms with Crippen molar-refractivity contribution in [1.82, 2.24) is 4.90 Å². The summed E-state index contributed by atoms with van der Waals surface area (Å²) in [6, 6.07) is 7.20. The summed E-state index contributed by atoms with van der Waals surface area (Å²) < 4.78 is 5.91. The Morgan fingerprint density at radius 1 is 1.35 bits per heavy atom. The summed E-state index contributed by atoms with van der Waals surface area (Å²) in [7, 11) is 0. The number of hydrogen-bond donors (Lipinski definition) is 0. The fourth-order valence-electron chi connectivity index (χ4n) is 1.82. The van der Waals surface area contributed by atoms with Gasteiger partial charge < -0.3 is 9.32 Å². The molecule has 1 aromatic heterocycles. The fraction of sp³-hybridized carbons (Fsp3) is 0.286. The highest BCUT2D eigenvalue weighted by atomic mass is 35.5. The second kappa shape index (κ2) is 6.61. The number of halogens is 1. The van der Waals surface area contributed by atoms with Crippen LogP contribution in [-0.4, -0.2) is 22.3 Å². The maximum absolute atomic E-state index is 12.0. The summed E-state index contributed by atoms with van der Waals surface area (Å²) >= 11 is 12.9. The molecule has 0 N–H and O–H groups in total. The second-order valence-corrected chi connectivity index (χ2v) is 6.09. The molecule has 6 heteroatoms. The van der Waals surface area contributed by atoms with E-state index >= 15 is 0 Å². The van der Waals surface area contributed by atoms with E-state index in [1.807, 2.05) is 30.9 Å². The molecule has 0 aliphatic carbocycles. The molecule has 0 fully saturated rings. The number of para-hydroxylation sites is 1. The van der Waals surface area contributed by atoms with Crippen molar-refractivity contribution in [1.29, 1.82) is 0 Å². The predicted octanol–water partition coefficient (Wildman–Crippen LogP) is 4.17. The van der Waals surface area contributed by atoms with Gasteiger partial charge in [-0.1, -0.05) is 47.7 Å². The van der Waals surface area contributed by atoms with Crippen molar-refractivity contribution in [2.45, 2.75) is 18.7 Å². The van der Waals surface area contributed by atoms with Gasteiger partial charge in [0.15, 0.2) is 0 Å². The van der Waals surface area contributed by atoms with Crippen molar-refractivity contribution in [3.05, 3.63) is 39.7 Å². The van der Waals surface area contributed by atoms with Gasteiger partial charge in [0.1, 0.15) is 14.8 Å². The third-order valence-corrected chi connectivity index (χ3v) is 4.94. The van der Waals surface area contributed by atoms with Crippen LogP contribution >= 0.6 is 35.6 Å². The molecule has 20 heavy (non-hydrogen) atoms. The Labute approximate surface area is 131 Å². The monoisotopic (exact) mass is 327 g/mol. The van der Waals surface area contributed by atoms with Gasteiger partial charge in [-0.05, 0) is 26.0 Å². The van der Waals surface area contributed by atoms with Crippen molar-refractivity contribution in [3.8, 4) is 0 Å². The van der Waals surface area contributed by atoms with Crippen molar-refractivity contribution in [3.63, 3.8) is 0 Å². The highest BCUT2D eigenvalue weighted by Gasteiger charge is 2.17. The van der Waals surface area contributed by atoms with Gasteiger partial charge in [-0.3, -0.25) is 0 Å². The zero-order valence-electron chi connectivity index (χ0n) is 11.2. The van der Waals surface area contributed by atoms with E-state index in [1.165, 1.54) is 11.8 Å². The molecule has 0 amide bonds. The van der Waals surface area contributed by atoms with Crippen LogP contribution in [0.4, 0.5) is 0 Å². The van der Waals surface area contributed by atoms with Crippen LogP contribution in [0.5, 0.6) is 0 Å². The molecule has 0 spiro atoms. The molecule has 3 nitrogen and oxygen atoms in total. The molecule has 0 bridgehead atoms. The number of thioether (sulfide) groups is 1. The van der Waals surface area contributed by atoms with E-state index in [0.29, 0.717) is 19.8 Å². The van der Waals surface area contributed by atoms with E-state index < -0.39 is 5.63 Å². The lowest BCUT2D eigenvalue weighted by Gasteiger charge is -2.20. The first kappa shape index (κ1) is 15.4. The number of rotatable bonds is 3. The van der Waals surface area contributed by atoms with Gasteiger partial charge in [0.2, 0.25) is 0 Å². The van der Waals surface area contributed by atoms with Gasteiger partial charge in [0, 0.05) is 18.5 Å². The Morgan fingerprint density at radius 3 is 2.65 bits per heavy atom. The summed E-state index contributed by atoms with van der Waals surface area (Å²) in [5, 5.41) is 1.12. The van der Waals surface area contributed by atoms with E-state index in [2.05, 4.69) is 0 Å². The number of benzene rings is 1. The van der Waals surface area contributed by atoms with Gasteiger partial charge in [-0.2, -0.15) is 0 Å². The molecule has 1 aromatic carbocycles. The minimum atomic E-state index is -0.451. The van der Waals surface area contributed by atoms with E-state index in [1.54, 1.807) is 12.1 Å². The van der Waals surface area contributed by atoms with Crippen molar-refractivity contribution < 1.29 is 4.42 Å². The third kappa shape index (κ3) is 3.00. The minimum absolute atomic E-state index is 0.349. The molecule has 0 atom stereocenters. The molecule has 0 aliphatic heterocycles. The van der Waals surface area contributed by atoms with E-state index in [0.717, 1.165) is 18.5 Å². The van der Waals surface area contributed by atoms with Crippen LogP contribution in [0.15, 0.2) is 38.4 Å². The summed E-state index contributed by atoms with van der Waals surface area (Å²) in [6.45, 7) is 5.61. The van der Waals surface area contributed by atoms with E-state index in [-0.39, 0.29) is 0 Å². The quantitative estimate of drug-likeness (QED) is 0.480. The van der Waals surface area contributed by atoms with Gasteiger partial charge in [0.05, 0.1) is 5.02 Å². The molecule has 0 saturated carbocycles. The zero-order valence-corrected chi connectivity index (χ0v) is 13.6. The van der Waals surface area contributed by atoms with Crippen LogP contribution in [0.25, 0.3) is 11.0 Å². The maximum Gasteiger partial charge on any atom is 0.352 e. The highest BCUT2D eigenvalue weighted by molar-refractivity contribution is 8.23. The molecule has 0 unspecified atom stereocenters. The van der Waals surface area contributed by atoms with Crippen LogP contribution in [0, 0.1) is 0 Å². The Hall–Kier alpha value is -1.04. The first-order valence-electron chi connectivity index (χ1n) is 6.26. The first-order chi connectivity index (χ1) is 9.58. The minimum Gasteiger partial charge on any atom is -0.422 e. The molecule has 2 aromatic rings. The Morgan fingerprint density at radius 2 is 2.00 bits per heavy atom. The molecule has 0 saturated heterocycles. The van der Waals surface area contributed by atoms with Crippen molar-refractivity contribution in [2.24, 2.45) is 0 Å².